The van der Waals surface area contributed by atoms with Gasteiger partial charge in [-0.25, -0.2) is 4.79 Å². The van der Waals surface area contributed by atoms with Crippen LogP contribution in [0.5, 0.6) is 0 Å². The van der Waals surface area contributed by atoms with Gasteiger partial charge >= 0.3 is 5.97 Å². The first-order chi connectivity index (χ1) is 20.0. The molecule has 1 unspecified atom stereocenters. The lowest BCUT2D eigenvalue weighted by molar-refractivity contribution is -0.142. The first-order valence-electron chi connectivity index (χ1n) is 15.3. The third kappa shape index (κ3) is 23.1. The van der Waals surface area contributed by atoms with Crippen LogP contribution in [0.3, 0.4) is 0 Å². The van der Waals surface area contributed by atoms with Crippen molar-refractivity contribution in [2.45, 2.75) is 115 Å². The van der Waals surface area contributed by atoms with Crippen molar-refractivity contribution in [1.82, 2.24) is 10.6 Å². The number of rotatable bonds is 24. The summed E-state index contributed by atoms with van der Waals surface area (Å²) in [6.07, 6.45) is 34.0. The molecule has 0 bridgehead atoms. The van der Waals surface area contributed by atoms with Crippen molar-refractivity contribution in [1.29, 1.82) is 0 Å². The number of carboxylic acid groups (broad SMARTS) is 1. The van der Waals surface area contributed by atoms with Gasteiger partial charge in [0.2, 0.25) is 11.8 Å². The number of hydrogen-bond donors (Lipinski definition) is 3. The summed E-state index contributed by atoms with van der Waals surface area (Å²) in [6, 6.07) is -0.906. The average Bonchev–Trinajstić information content (AvgIpc) is 3.48. The minimum Gasteiger partial charge on any atom is -0.480 e. The zero-order valence-corrected chi connectivity index (χ0v) is 26.6. The van der Waals surface area contributed by atoms with Crippen LogP contribution in [0, 0.1) is 0 Å². The van der Waals surface area contributed by atoms with Crippen LogP contribution in [-0.4, -0.2) is 46.5 Å². The van der Waals surface area contributed by atoms with Crippen molar-refractivity contribution < 1.29 is 19.5 Å². The molecule has 41 heavy (non-hydrogen) atoms. The van der Waals surface area contributed by atoms with Crippen molar-refractivity contribution in [2.24, 2.45) is 0 Å². The Hall–Kier alpha value is -2.19. The molecule has 0 radical (unpaired) electrons. The van der Waals surface area contributed by atoms with Gasteiger partial charge in [0.05, 0.1) is 0 Å². The number of carbonyl (C=O) groups excluding carboxylic acids is 2. The van der Waals surface area contributed by atoms with E-state index in [4.69, 9.17) is 0 Å². The van der Waals surface area contributed by atoms with E-state index in [0.717, 1.165) is 64.2 Å². The van der Waals surface area contributed by atoms with Crippen molar-refractivity contribution in [2.75, 3.05) is 12.3 Å². The Morgan fingerprint density at radius 2 is 1.41 bits per heavy atom. The van der Waals surface area contributed by atoms with Crippen LogP contribution in [0.25, 0.3) is 0 Å². The Bertz CT molecular complexity index is 861. The zero-order valence-electron chi connectivity index (χ0n) is 24.9. The first kappa shape index (κ1) is 36.8. The van der Waals surface area contributed by atoms with E-state index in [1.807, 2.05) is 21.6 Å². The maximum absolute atomic E-state index is 12.2. The second kappa shape index (κ2) is 26.7. The molecule has 1 aliphatic heterocycles. The van der Waals surface area contributed by atoms with Crippen LogP contribution >= 0.6 is 21.6 Å². The van der Waals surface area contributed by atoms with E-state index in [9.17, 15) is 19.5 Å². The Balaban J connectivity index is 2.01. The molecular formula is C33H52N2O4S2. The Kier molecular flexibility index (Phi) is 24.0. The number of unbranched alkanes of at least 4 members (excludes halogenated alkanes) is 2. The van der Waals surface area contributed by atoms with E-state index in [0.29, 0.717) is 37.5 Å². The first-order valence-corrected chi connectivity index (χ1v) is 17.7. The number of carbonyl (C=O) groups is 3. The molecule has 3 N–H and O–H groups in total. The number of amides is 2. The molecule has 1 rings (SSSR count). The van der Waals surface area contributed by atoms with Crippen molar-refractivity contribution in [3.8, 4) is 0 Å². The fraction of sp³-hybridized carbons (Fsp3) is 0.606. The standard InChI is InChI=1S/C33H52N2O4S2/c1-2-3-4-5-6-7-8-9-10-11-12-13-14-15-16-17-18-24-31(36)34-27-21-23-30(33(38)39)35-32(37)25-20-19-22-29-26-28-40-41-29/h3-4,6-7,9-10,12-13,15-16,29-30H,2,5,8,11,14,17-28H2,1H3,(H,34,36)(H,35,37)(H,38,39)/b4-3-,7-6-,10-9-,13-12-,16-15-/t29?,30-/m0/s1. The lowest BCUT2D eigenvalue weighted by Crippen LogP contribution is -2.41. The number of hydrogen-bond acceptors (Lipinski definition) is 5. The van der Waals surface area contributed by atoms with Crippen LogP contribution in [0.1, 0.15) is 103 Å². The molecule has 1 heterocycles. The van der Waals surface area contributed by atoms with Gasteiger partial charge in [0.25, 0.3) is 0 Å². The van der Waals surface area contributed by atoms with Gasteiger partial charge in [0.15, 0.2) is 0 Å². The fourth-order valence-corrected chi connectivity index (χ4v) is 7.14. The third-order valence-corrected chi connectivity index (χ3v) is 9.47. The van der Waals surface area contributed by atoms with Crippen LogP contribution in [-0.2, 0) is 14.4 Å². The normalized spacial score (nSPS) is 16.6. The Morgan fingerprint density at radius 3 is 2.00 bits per heavy atom. The summed E-state index contributed by atoms with van der Waals surface area (Å²) in [6.45, 7) is 2.56. The molecule has 0 aromatic rings. The van der Waals surface area contributed by atoms with E-state index >= 15 is 0 Å². The molecule has 6 nitrogen and oxygen atoms in total. The maximum Gasteiger partial charge on any atom is 0.326 e. The molecule has 0 saturated carbocycles. The Labute approximate surface area is 256 Å². The van der Waals surface area contributed by atoms with Gasteiger partial charge in [-0.2, -0.15) is 0 Å². The van der Waals surface area contributed by atoms with Crippen molar-refractivity contribution in [3.63, 3.8) is 0 Å². The second-order valence-electron chi connectivity index (χ2n) is 10.1. The molecule has 1 saturated heterocycles. The maximum atomic E-state index is 12.2. The number of carboxylic acids is 1. The molecule has 2 amide bonds. The largest absolute Gasteiger partial charge is 0.480 e. The van der Waals surface area contributed by atoms with Gasteiger partial charge in [0.1, 0.15) is 6.04 Å². The summed E-state index contributed by atoms with van der Waals surface area (Å²) in [5.74, 6) is -0.0417. The van der Waals surface area contributed by atoms with Crippen molar-refractivity contribution >= 4 is 39.4 Å². The lowest BCUT2D eigenvalue weighted by Gasteiger charge is -2.15. The number of nitrogens with one attached hydrogen (secondary N) is 2. The average molecular weight is 605 g/mol. The van der Waals surface area contributed by atoms with E-state index in [1.54, 1.807) is 0 Å². The van der Waals surface area contributed by atoms with Crippen LogP contribution < -0.4 is 10.6 Å². The smallest absolute Gasteiger partial charge is 0.326 e. The van der Waals surface area contributed by atoms with Gasteiger partial charge in [-0.15, -0.1) is 0 Å². The molecule has 0 aromatic heterocycles. The van der Waals surface area contributed by atoms with Crippen LogP contribution in [0.15, 0.2) is 60.8 Å². The SMILES string of the molecule is CC/C=C\C/C=C\C/C=C\C/C=C\C/C=C\CCCC(=O)NCCC[C@H](NC(=O)CCCCC1CCSS1)C(=O)O. The molecule has 1 fully saturated rings. The van der Waals surface area contributed by atoms with Crippen LogP contribution in [0.2, 0.25) is 0 Å². The predicted molar refractivity (Wildman–Crippen MR) is 177 cm³/mol. The number of allylic oxidation sites excluding steroid dienone is 10. The summed E-state index contributed by atoms with van der Waals surface area (Å²) in [5.41, 5.74) is 0. The fourth-order valence-electron chi connectivity index (χ4n) is 4.12. The molecule has 230 valence electrons. The number of aliphatic carboxylic acids is 1. The highest BCUT2D eigenvalue weighted by Gasteiger charge is 2.20. The zero-order chi connectivity index (χ0) is 29.8. The van der Waals surface area contributed by atoms with Crippen LogP contribution in [0.4, 0.5) is 0 Å². The van der Waals surface area contributed by atoms with E-state index in [1.165, 1.54) is 12.2 Å². The molecular weight excluding hydrogens is 553 g/mol. The van der Waals surface area contributed by atoms with Gasteiger partial charge in [-0.3, -0.25) is 9.59 Å². The quantitative estimate of drug-likeness (QED) is 0.0586. The second-order valence-corrected chi connectivity index (χ2v) is 12.9. The summed E-state index contributed by atoms with van der Waals surface area (Å²) in [5, 5.41) is 15.6. The van der Waals surface area contributed by atoms with Gasteiger partial charge in [0, 0.05) is 30.4 Å². The lowest BCUT2D eigenvalue weighted by atomic mass is 10.1. The van der Waals surface area contributed by atoms with E-state index < -0.39 is 12.0 Å². The van der Waals surface area contributed by atoms with E-state index in [2.05, 4.69) is 78.3 Å². The van der Waals surface area contributed by atoms with Gasteiger partial charge in [-0.05, 0) is 77.0 Å². The highest BCUT2D eigenvalue weighted by atomic mass is 33.1. The van der Waals surface area contributed by atoms with E-state index in [-0.39, 0.29) is 11.8 Å². The van der Waals surface area contributed by atoms with Gasteiger partial charge in [-0.1, -0.05) is 95.7 Å². The summed E-state index contributed by atoms with van der Waals surface area (Å²) < 4.78 is 0. The molecule has 8 heteroatoms. The Morgan fingerprint density at radius 1 is 0.805 bits per heavy atom. The molecule has 2 atom stereocenters. The third-order valence-electron chi connectivity index (χ3n) is 6.46. The molecule has 1 aliphatic rings. The summed E-state index contributed by atoms with van der Waals surface area (Å²) in [7, 11) is 3.86. The minimum atomic E-state index is -1.03. The molecule has 0 aromatic carbocycles. The summed E-state index contributed by atoms with van der Waals surface area (Å²) in [4.78, 5) is 35.7. The topological polar surface area (TPSA) is 95.5 Å². The van der Waals surface area contributed by atoms with Gasteiger partial charge < -0.3 is 15.7 Å². The summed E-state index contributed by atoms with van der Waals surface area (Å²) >= 11 is 0. The predicted octanol–water partition coefficient (Wildman–Crippen LogP) is 8.09. The molecule has 0 aliphatic carbocycles. The highest BCUT2D eigenvalue weighted by molar-refractivity contribution is 8.77. The highest BCUT2D eigenvalue weighted by Crippen LogP contribution is 2.39. The van der Waals surface area contributed by atoms with Crippen molar-refractivity contribution in [3.05, 3.63) is 60.8 Å². The molecule has 0 spiro atoms. The minimum absolute atomic E-state index is 0.0212. The monoisotopic (exact) mass is 604 g/mol.